The zero-order valence-electron chi connectivity index (χ0n) is 21.8. The summed E-state index contributed by atoms with van der Waals surface area (Å²) in [7, 11) is 0. The van der Waals surface area contributed by atoms with E-state index in [0.717, 1.165) is 43.5 Å². The van der Waals surface area contributed by atoms with Gasteiger partial charge in [-0.2, -0.15) is 0 Å². The minimum atomic E-state index is -0.967. The van der Waals surface area contributed by atoms with Crippen molar-refractivity contribution in [1.82, 2.24) is 4.90 Å². The molecule has 1 aliphatic heterocycles. The predicted octanol–water partition coefficient (Wildman–Crippen LogP) is 5.52. The van der Waals surface area contributed by atoms with E-state index in [0.29, 0.717) is 6.42 Å². The van der Waals surface area contributed by atoms with Gasteiger partial charge in [-0.05, 0) is 68.3 Å². The molecule has 0 radical (unpaired) electrons. The zero-order valence-corrected chi connectivity index (χ0v) is 21.8. The van der Waals surface area contributed by atoms with Crippen LogP contribution in [0, 0.1) is 0 Å². The number of aliphatic hydroxyl groups is 2. The lowest BCUT2D eigenvalue weighted by Crippen LogP contribution is -2.48. The number of aliphatic carboxylic acids is 1. The van der Waals surface area contributed by atoms with Crippen LogP contribution < -0.4 is 0 Å². The Morgan fingerprint density at radius 1 is 0.919 bits per heavy atom. The Labute approximate surface area is 220 Å². The maximum absolute atomic E-state index is 11.5. The lowest BCUT2D eigenvalue weighted by Gasteiger charge is -2.43. The predicted molar refractivity (Wildman–Crippen MR) is 147 cm³/mol. The Bertz CT molecular complexity index is 1090. The van der Waals surface area contributed by atoms with Crippen molar-refractivity contribution in [1.29, 1.82) is 0 Å². The molecular weight excluding hydrogens is 462 g/mol. The highest BCUT2D eigenvalue weighted by molar-refractivity contribution is 5.80. The fourth-order valence-corrected chi connectivity index (χ4v) is 5.51. The number of benzene rings is 3. The van der Waals surface area contributed by atoms with Crippen LogP contribution in [0.2, 0.25) is 0 Å². The fourth-order valence-electron chi connectivity index (χ4n) is 5.51. The van der Waals surface area contributed by atoms with Crippen LogP contribution in [0.3, 0.4) is 0 Å². The van der Waals surface area contributed by atoms with Gasteiger partial charge in [0.2, 0.25) is 0 Å². The molecule has 0 aliphatic carbocycles. The number of rotatable bonds is 10. The fraction of sp³-hybridized carbons (Fsp3) is 0.406. The number of carbonyl (C=O) groups is 1. The molecule has 0 aromatic heterocycles. The van der Waals surface area contributed by atoms with E-state index < -0.39 is 17.5 Å². The van der Waals surface area contributed by atoms with Crippen molar-refractivity contribution < 1.29 is 20.1 Å². The maximum Gasteiger partial charge on any atom is 0.313 e. The van der Waals surface area contributed by atoms with Crippen LogP contribution in [0.25, 0.3) is 0 Å². The van der Waals surface area contributed by atoms with Gasteiger partial charge < -0.3 is 15.3 Å². The molecule has 1 heterocycles. The molecule has 1 saturated heterocycles. The molecule has 2 unspecified atom stereocenters. The lowest BCUT2D eigenvalue weighted by molar-refractivity contribution is -0.142. The third-order valence-electron chi connectivity index (χ3n) is 7.91. The molecule has 4 rings (SSSR count). The minimum Gasteiger partial charge on any atom is -0.481 e. The number of piperidine rings is 1. The second-order valence-corrected chi connectivity index (χ2v) is 10.8. The van der Waals surface area contributed by atoms with Crippen LogP contribution in [-0.2, 0) is 10.2 Å². The summed E-state index contributed by atoms with van der Waals surface area (Å²) < 4.78 is 0. The average molecular weight is 502 g/mol. The van der Waals surface area contributed by atoms with E-state index in [9.17, 15) is 20.1 Å². The van der Waals surface area contributed by atoms with E-state index in [2.05, 4.69) is 53.4 Å². The summed E-state index contributed by atoms with van der Waals surface area (Å²) in [5, 5.41) is 30.9. The van der Waals surface area contributed by atoms with Gasteiger partial charge in [-0.1, -0.05) is 84.9 Å². The SMILES string of the molecule is CC(C)(C(=O)O)c1ccc([C@@H](O)CCCN2CCC(O)CC2C(c2ccccc2)c2ccccc2)cc1. The van der Waals surface area contributed by atoms with Gasteiger partial charge in [0.25, 0.3) is 0 Å². The van der Waals surface area contributed by atoms with E-state index in [4.69, 9.17) is 0 Å². The molecule has 0 saturated carbocycles. The summed E-state index contributed by atoms with van der Waals surface area (Å²) in [5.74, 6) is -0.710. The molecule has 0 amide bonds. The smallest absolute Gasteiger partial charge is 0.313 e. The second-order valence-electron chi connectivity index (χ2n) is 10.8. The van der Waals surface area contributed by atoms with Gasteiger partial charge in [0.05, 0.1) is 17.6 Å². The van der Waals surface area contributed by atoms with Gasteiger partial charge in [0.1, 0.15) is 0 Å². The molecule has 1 aliphatic rings. The summed E-state index contributed by atoms with van der Waals surface area (Å²) in [4.78, 5) is 14.0. The number of carboxylic acids is 1. The first-order chi connectivity index (χ1) is 17.8. The largest absolute Gasteiger partial charge is 0.481 e. The molecule has 5 nitrogen and oxygen atoms in total. The molecule has 3 aromatic rings. The maximum atomic E-state index is 11.5. The molecule has 0 spiro atoms. The van der Waals surface area contributed by atoms with Crippen LogP contribution in [0.4, 0.5) is 0 Å². The Morgan fingerprint density at radius 3 is 2.03 bits per heavy atom. The molecule has 3 N–H and O–H groups in total. The van der Waals surface area contributed by atoms with Crippen LogP contribution >= 0.6 is 0 Å². The van der Waals surface area contributed by atoms with Crippen LogP contribution in [-0.4, -0.2) is 51.4 Å². The third-order valence-corrected chi connectivity index (χ3v) is 7.91. The number of hydrogen-bond donors (Lipinski definition) is 3. The highest BCUT2D eigenvalue weighted by Gasteiger charge is 2.35. The number of likely N-dealkylation sites (tertiary alicyclic amines) is 1. The van der Waals surface area contributed by atoms with Gasteiger partial charge in [-0.25, -0.2) is 0 Å². The molecule has 37 heavy (non-hydrogen) atoms. The van der Waals surface area contributed by atoms with Crippen molar-refractivity contribution in [2.75, 3.05) is 13.1 Å². The van der Waals surface area contributed by atoms with E-state index in [1.165, 1.54) is 11.1 Å². The van der Waals surface area contributed by atoms with Crippen molar-refractivity contribution in [2.24, 2.45) is 0 Å². The van der Waals surface area contributed by atoms with Crippen LogP contribution in [0.1, 0.15) is 73.8 Å². The number of hydrogen-bond acceptors (Lipinski definition) is 4. The summed E-state index contributed by atoms with van der Waals surface area (Å²) in [6, 6.07) is 28.5. The summed E-state index contributed by atoms with van der Waals surface area (Å²) >= 11 is 0. The van der Waals surface area contributed by atoms with Crippen LogP contribution in [0.15, 0.2) is 84.9 Å². The third kappa shape index (κ3) is 6.48. The van der Waals surface area contributed by atoms with Gasteiger partial charge in [-0.15, -0.1) is 0 Å². The Kier molecular flexibility index (Phi) is 8.80. The molecular formula is C32H39NO4. The van der Waals surface area contributed by atoms with E-state index in [-0.39, 0.29) is 18.1 Å². The van der Waals surface area contributed by atoms with E-state index >= 15 is 0 Å². The molecule has 0 bridgehead atoms. The standard InChI is InChI=1S/C32H39NO4/c1-32(2,31(36)37)26-17-15-23(16-18-26)29(35)14-9-20-33-21-19-27(34)22-28(33)30(24-10-5-3-6-11-24)25-12-7-4-8-13-25/h3-8,10-13,15-18,27-30,34-35H,9,14,19-22H2,1-2H3,(H,36,37)/t27?,28?,29-/m0/s1. The van der Waals surface area contributed by atoms with Crippen LogP contribution in [0.5, 0.6) is 0 Å². The summed E-state index contributed by atoms with van der Waals surface area (Å²) in [6.45, 7) is 5.04. The molecule has 3 aromatic carbocycles. The van der Waals surface area contributed by atoms with E-state index in [1.54, 1.807) is 26.0 Å². The second kappa shape index (κ2) is 12.0. The first-order valence-electron chi connectivity index (χ1n) is 13.3. The van der Waals surface area contributed by atoms with E-state index in [1.807, 2.05) is 24.3 Å². The highest BCUT2D eigenvalue weighted by atomic mass is 16.4. The van der Waals surface area contributed by atoms with Gasteiger partial charge in [-0.3, -0.25) is 9.69 Å². The van der Waals surface area contributed by atoms with Gasteiger partial charge in [0.15, 0.2) is 0 Å². The summed E-state index contributed by atoms with van der Waals surface area (Å²) in [6.07, 6.45) is 2.01. The Morgan fingerprint density at radius 2 is 1.49 bits per heavy atom. The molecule has 3 atom stereocenters. The summed E-state index contributed by atoms with van der Waals surface area (Å²) in [5.41, 5.74) is 3.07. The van der Waals surface area contributed by atoms with Crippen molar-refractivity contribution in [2.45, 2.75) is 69.1 Å². The van der Waals surface area contributed by atoms with Gasteiger partial charge >= 0.3 is 5.97 Å². The van der Waals surface area contributed by atoms with Crippen molar-refractivity contribution >= 4 is 5.97 Å². The first kappa shape index (κ1) is 27.1. The highest BCUT2D eigenvalue weighted by Crippen LogP contribution is 2.36. The Hall–Kier alpha value is -2.99. The molecule has 1 fully saturated rings. The quantitative estimate of drug-likeness (QED) is 0.341. The van der Waals surface area contributed by atoms with Crippen molar-refractivity contribution in [3.63, 3.8) is 0 Å². The average Bonchev–Trinajstić information content (AvgIpc) is 2.91. The monoisotopic (exact) mass is 501 g/mol. The van der Waals surface area contributed by atoms with Gasteiger partial charge in [0, 0.05) is 18.5 Å². The lowest BCUT2D eigenvalue weighted by atomic mass is 9.79. The zero-order chi connectivity index (χ0) is 26.4. The minimum absolute atomic E-state index is 0.160. The normalized spacial score (nSPS) is 19.6. The molecule has 196 valence electrons. The molecule has 5 heteroatoms. The number of carboxylic acid groups (broad SMARTS) is 1. The first-order valence-corrected chi connectivity index (χ1v) is 13.3. The topological polar surface area (TPSA) is 81.0 Å². The number of nitrogens with zero attached hydrogens (tertiary/aromatic N) is 1. The van der Waals surface area contributed by atoms with Crippen molar-refractivity contribution in [3.05, 3.63) is 107 Å². The van der Waals surface area contributed by atoms with Crippen molar-refractivity contribution in [3.8, 4) is 0 Å². The Balaban J connectivity index is 1.45. The number of aliphatic hydroxyl groups excluding tert-OH is 2.